The van der Waals surface area contributed by atoms with E-state index in [1.807, 2.05) is 12.3 Å². The highest BCUT2D eigenvalue weighted by Crippen LogP contribution is 2.18. The van der Waals surface area contributed by atoms with E-state index in [0.29, 0.717) is 4.47 Å². The second-order valence-corrected chi connectivity index (χ2v) is 3.90. The van der Waals surface area contributed by atoms with Crippen LogP contribution < -0.4 is 0 Å². The van der Waals surface area contributed by atoms with Gasteiger partial charge in [-0.3, -0.25) is 0 Å². The molecule has 0 N–H and O–H groups in total. The van der Waals surface area contributed by atoms with Gasteiger partial charge in [0.05, 0.1) is 4.47 Å². The van der Waals surface area contributed by atoms with Crippen molar-refractivity contribution in [1.82, 2.24) is 0 Å². The summed E-state index contributed by atoms with van der Waals surface area (Å²) in [6, 6.07) is 5.21. The lowest BCUT2D eigenvalue weighted by atomic mass is 10.2. The Morgan fingerprint density at radius 1 is 1.55 bits per heavy atom. The van der Waals surface area contributed by atoms with Crippen molar-refractivity contribution in [2.75, 3.05) is 6.26 Å². The monoisotopic (exact) mass is 234 g/mol. The maximum atomic E-state index is 12.8. The maximum Gasteiger partial charge on any atom is 0.137 e. The van der Waals surface area contributed by atoms with Gasteiger partial charge in [-0.1, -0.05) is 6.07 Å². The summed E-state index contributed by atoms with van der Waals surface area (Å²) in [7, 11) is 0. The second-order valence-electron chi connectivity index (χ2n) is 2.18. The number of rotatable bonds is 2. The molecule has 0 amide bonds. The molecule has 60 valence electrons. The zero-order chi connectivity index (χ0) is 8.27. The summed E-state index contributed by atoms with van der Waals surface area (Å²) in [4.78, 5) is 0. The van der Waals surface area contributed by atoms with E-state index in [1.165, 1.54) is 0 Å². The van der Waals surface area contributed by atoms with Gasteiger partial charge in [-0.05, 0) is 39.9 Å². The zero-order valence-electron chi connectivity index (χ0n) is 6.10. The quantitative estimate of drug-likeness (QED) is 0.756. The molecule has 11 heavy (non-hydrogen) atoms. The summed E-state index contributed by atoms with van der Waals surface area (Å²) >= 11 is 4.79. The van der Waals surface area contributed by atoms with Crippen LogP contribution in [0.3, 0.4) is 0 Å². The Morgan fingerprint density at radius 3 is 2.82 bits per heavy atom. The van der Waals surface area contributed by atoms with E-state index >= 15 is 0 Å². The van der Waals surface area contributed by atoms with E-state index in [9.17, 15) is 4.39 Å². The Hall–Kier alpha value is -0.0200. The van der Waals surface area contributed by atoms with Crippen LogP contribution in [0.5, 0.6) is 0 Å². The van der Waals surface area contributed by atoms with Gasteiger partial charge in [-0.25, -0.2) is 4.39 Å². The molecule has 0 atom stereocenters. The van der Waals surface area contributed by atoms with Gasteiger partial charge in [-0.15, -0.1) is 0 Å². The summed E-state index contributed by atoms with van der Waals surface area (Å²) in [6.45, 7) is 0. The third-order valence-electron chi connectivity index (χ3n) is 1.30. The van der Waals surface area contributed by atoms with Crippen molar-refractivity contribution < 1.29 is 4.39 Å². The van der Waals surface area contributed by atoms with Crippen LogP contribution in [-0.4, -0.2) is 6.26 Å². The first-order valence-electron chi connectivity index (χ1n) is 3.17. The Balaban J connectivity index is 2.86. The lowest BCUT2D eigenvalue weighted by Crippen LogP contribution is -1.82. The molecule has 3 heteroatoms. The number of hydrogen-bond donors (Lipinski definition) is 0. The third kappa shape index (κ3) is 2.49. The molecule has 0 unspecified atom stereocenters. The zero-order valence-corrected chi connectivity index (χ0v) is 8.51. The molecule has 0 spiro atoms. The standard InChI is InChI=1S/C8H8BrFS/c1-11-5-6-2-3-7(9)8(10)4-6/h2-4H,5H2,1H3. The highest BCUT2D eigenvalue weighted by Gasteiger charge is 1.98. The van der Waals surface area contributed by atoms with E-state index in [4.69, 9.17) is 0 Å². The molecule has 0 heterocycles. The summed E-state index contributed by atoms with van der Waals surface area (Å²) in [5.41, 5.74) is 1.03. The van der Waals surface area contributed by atoms with Crippen LogP contribution in [0, 0.1) is 5.82 Å². The SMILES string of the molecule is CSCc1ccc(Br)c(F)c1. The van der Waals surface area contributed by atoms with Crippen molar-refractivity contribution in [3.8, 4) is 0 Å². The van der Waals surface area contributed by atoms with Crippen LogP contribution in [0.2, 0.25) is 0 Å². The van der Waals surface area contributed by atoms with Crippen molar-refractivity contribution in [3.63, 3.8) is 0 Å². The lowest BCUT2D eigenvalue weighted by Gasteiger charge is -1.98. The molecule has 0 bridgehead atoms. The van der Waals surface area contributed by atoms with Gasteiger partial charge < -0.3 is 0 Å². The predicted octanol–water partition coefficient (Wildman–Crippen LogP) is 3.45. The largest absolute Gasteiger partial charge is 0.206 e. The van der Waals surface area contributed by atoms with Crippen LogP contribution in [0.25, 0.3) is 0 Å². The smallest absolute Gasteiger partial charge is 0.137 e. The van der Waals surface area contributed by atoms with Crippen LogP contribution in [0.1, 0.15) is 5.56 Å². The molecule has 0 aliphatic carbocycles. The van der Waals surface area contributed by atoms with Crippen LogP contribution in [-0.2, 0) is 5.75 Å². The average molecular weight is 235 g/mol. The fourth-order valence-corrected chi connectivity index (χ4v) is 1.56. The third-order valence-corrected chi connectivity index (χ3v) is 2.56. The molecule has 0 saturated heterocycles. The molecule has 0 fully saturated rings. The Bertz CT molecular complexity index is 250. The molecule has 1 aromatic carbocycles. The van der Waals surface area contributed by atoms with Gasteiger partial charge in [0.2, 0.25) is 0 Å². The van der Waals surface area contributed by atoms with Gasteiger partial charge in [0.15, 0.2) is 0 Å². The van der Waals surface area contributed by atoms with E-state index < -0.39 is 0 Å². The van der Waals surface area contributed by atoms with Crippen molar-refractivity contribution >= 4 is 27.7 Å². The first-order chi connectivity index (χ1) is 5.24. The molecule has 0 aromatic heterocycles. The minimum atomic E-state index is -0.184. The van der Waals surface area contributed by atoms with Crippen molar-refractivity contribution in [1.29, 1.82) is 0 Å². The van der Waals surface area contributed by atoms with E-state index in [1.54, 1.807) is 23.9 Å². The fourth-order valence-electron chi connectivity index (χ4n) is 0.796. The predicted molar refractivity (Wildman–Crippen MR) is 51.3 cm³/mol. The van der Waals surface area contributed by atoms with E-state index in [2.05, 4.69) is 15.9 Å². The Morgan fingerprint density at radius 2 is 2.27 bits per heavy atom. The van der Waals surface area contributed by atoms with Crippen LogP contribution in [0.4, 0.5) is 4.39 Å². The molecule has 1 rings (SSSR count). The van der Waals surface area contributed by atoms with Gasteiger partial charge >= 0.3 is 0 Å². The van der Waals surface area contributed by atoms with E-state index in [-0.39, 0.29) is 5.82 Å². The first-order valence-corrected chi connectivity index (χ1v) is 5.35. The minimum absolute atomic E-state index is 0.184. The molecular formula is C8H8BrFS. The summed E-state index contributed by atoms with van der Waals surface area (Å²) < 4.78 is 13.4. The number of hydrogen-bond acceptors (Lipinski definition) is 1. The maximum absolute atomic E-state index is 12.8. The molecule has 0 aliphatic heterocycles. The average Bonchev–Trinajstić information content (AvgIpc) is 1.98. The van der Waals surface area contributed by atoms with Crippen molar-refractivity contribution in [2.45, 2.75) is 5.75 Å². The van der Waals surface area contributed by atoms with E-state index in [0.717, 1.165) is 11.3 Å². The number of benzene rings is 1. The molecule has 0 aliphatic rings. The minimum Gasteiger partial charge on any atom is -0.206 e. The topological polar surface area (TPSA) is 0 Å². The van der Waals surface area contributed by atoms with Crippen molar-refractivity contribution in [3.05, 3.63) is 34.1 Å². The molecule has 0 nitrogen and oxygen atoms in total. The highest BCUT2D eigenvalue weighted by molar-refractivity contribution is 9.10. The summed E-state index contributed by atoms with van der Waals surface area (Å²) in [5.74, 6) is 0.682. The van der Waals surface area contributed by atoms with Gasteiger partial charge in [0.25, 0.3) is 0 Å². The highest BCUT2D eigenvalue weighted by atomic mass is 79.9. The molecular weight excluding hydrogens is 227 g/mol. The fraction of sp³-hybridized carbons (Fsp3) is 0.250. The Labute approximate surface area is 78.3 Å². The Kier molecular flexibility index (Phi) is 3.40. The normalized spacial score (nSPS) is 10.1. The van der Waals surface area contributed by atoms with Gasteiger partial charge in [0.1, 0.15) is 5.82 Å². The van der Waals surface area contributed by atoms with Gasteiger partial charge in [0, 0.05) is 5.75 Å². The molecule has 1 aromatic rings. The summed E-state index contributed by atoms with van der Waals surface area (Å²) in [6.07, 6.45) is 2.00. The van der Waals surface area contributed by atoms with Crippen LogP contribution in [0.15, 0.2) is 22.7 Å². The molecule has 0 saturated carbocycles. The second kappa shape index (κ2) is 4.12. The number of halogens is 2. The molecule has 0 radical (unpaired) electrons. The lowest BCUT2D eigenvalue weighted by molar-refractivity contribution is 0.620. The van der Waals surface area contributed by atoms with Crippen molar-refractivity contribution in [2.24, 2.45) is 0 Å². The first kappa shape index (κ1) is 9.07. The number of thioether (sulfide) groups is 1. The van der Waals surface area contributed by atoms with Crippen LogP contribution >= 0.6 is 27.7 Å². The van der Waals surface area contributed by atoms with Gasteiger partial charge in [-0.2, -0.15) is 11.8 Å². The summed E-state index contributed by atoms with van der Waals surface area (Å²) in [5, 5.41) is 0.